The van der Waals surface area contributed by atoms with Crippen LogP contribution >= 0.6 is 74.0 Å². The van der Waals surface area contributed by atoms with Crippen LogP contribution in [0.1, 0.15) is 311 Å². The minimum atomic E-state index is -1.77. The zero-order chi connectivity index (χ0) is 87.8. The number of hydrogen-bond donors (Lipinski definition) is 0. The van der Waals surface area contributed by atoms with Crippen molar-refractivity contribution in [1.82, 2.24) is 0 Å². The Morgan fingerprint density at radius 1 is 0.344 bits per heavy atom. The molecule has 6 aromatic carbocycles. The van der Waals surface area contributed by atoms with Gasteiger partial charge < -0.3 is 19.6 Å². The van der Waals surface area contributed by atoms with E-state index in [-0.39, 0.29) is 28.1 Å². The van der Waals surface area contributed by atoms with E-state index >= 15 is 0 Å². The molecule has 7 aliphatic carbocycles. The van der Waals surface area contributed by atoms with Crippen LogP contribution in [-0.4, -0.2) is 86.2 Å². The monoisotopic (exact) mass is 2080 g/mol. The molecule has 0 bridgehead atoms. The van der Waals surface area contributed by atoms with E-state index in [0.29, 0.717) is 0 Å². The predicted octanol–water partition coefficient (Wildman–Crippen LogP) is 32.4. The molecule has 8 fully saturated rings. The van der Waals surface area contributed by atoms with Gasteiger partial charge in [-0.3, -0.25) is 0 Å². The van der Waals surface area contributed by atoms with E-state index in [1.165, 1.54) is 123 Å². The second kappa shape index (κ2) is 54.5. The van der Waals surface area contributed by atoms with E-state index in [9.17, 15) is 0 Å². The van der Waals surface area contributed by atoms with E-state index in [1.54, 1.807) is 193 Å². The number of hydrogen-bond acceptors (Lipinski definition) is 6. The van der Waals surface area contributed by atoms with Gasteiger partial charge in [0.2, 0.25) is 0 Å². The van der Waals surface area contributed by atoms with Gasteiger partial charge in [-0.1, -0.05) is 109 Å². The number of para-hydroxylation sites is 1. The van der Waals surface area contributed by atoms with Crippen molar-refractivity contribution in [3.63, 3.8) is 0 Å². The molecule has 0 atom stereocenters. The molecular weight excluding hydrogens is 1930 g/mol. The maximum absolute atomic E-state index is 5.84. The molecule has 6 saturated carbocycles. The molecule has 17 heteroatoms. The van der Waals surface area contributed by atoms with Crippen molar-refractivity contribution >= 4 is 111 Å². The molecule has 0 spiro atoms. The van der Waals surface area contributed by atoms with Crippen LogP contribution in [-0.2, 0) is 45.3 Å². The SMILES string of the molecule is C1CCC([PH+](C2CCCCC2)C2CCCCC2)CC1.C1CCC([PH+](C2CCCCC2)C2CCCCC2)CC1.CC(C)OC1=C([CH]=[Ru]([Cl])[Cl])C=CCC1.CC(C)Oc1ccccc1[CH]=[Ru]([Cl])[Cl].Cc1cc(C)c(N2[CH-]N(c3c(C)cc(C)cc3C)CC2)c(C)c1.Cc1cc(C)c(N2[CH-]N(c3c(C)cc(C)cc3C)CC2)c(C)c1.[Cl][Ru]([Cl])=[CH]c1ccccc1. The van der Waals surface area contributed by atoms with Crippen LogP contribution in [0.25, 0.3) is 0 Å². The molecule has 2 saturated heterocycles. The number of allylic oxidation sites excluding steroid dienone is 4. The van der Waals surface area contributed by atoms with Gasteiger partial charge in [0.15, 0.2) is 0 Å². The third kappa shape index (κ3) is 33.8. The quantitative estimate of drug-likeness (QED) is 0.0514. The van der Waals surface area contributed by atoms with Gasteiger partial charge in [0.05, 0.1) is 34.0 Å². The molecule has 6 aromatic rings. The summed E-state index contributed by atoms with van der Waals surface area (Å²) >= 11 is -5.12. The van der Waals surface area contributed by atoms with Crippen LogP contribution in [0, 0.1) is 96.4 Å². The fraction of sp³-hybridized carbons (Fsp3) is 0.571. The van der Waals surface area contributed by atoms with Gasteiger partial charge in [-0.15, -0.1) is 0 Å². The Hall–Kier alpha value is -2.32. The number of ether oxygens (including phenoxy) is 2. The average molecular weight is 2080 g/mol. The topological polar surface area (TPSA) is 31.4 Å². The Bertz CT molecular complexity index is 3840. The molecule has 0 unspecified atom stereocenters. The fourth-order valence-electron chi connectivity index (χ4n) is 21.7. The summed E-state index contributed by atoms with van der Waals surface area (Å²) < 4.78 is 17.1. The van der Waals surface area contributed by atoms with E-state index in [0.717, 1.165) is 67.2 Å². The van der Waals surface area contributed by atoms with Crippen LogP contribution < -0.4 is 24.3 Å². The Labute approximate surface area is 784 Å². The second-order valence-electron chi connectivity index (χ2n) is 37.0. The molecule has 0 amide bonds. The molecule has 9 aliphatic rings. The number of rotatable bonds is 17. The normalized spacial score (nSPS) is 18.7. The molecule has 0 N–H and O–H groups in total. The van der Waals surface area contributed by atoms with E-state index in [1.807, 2.05) is 102 Å². The van der Waals surface area contributed by atoms with E-state index in [4.69, 9.17) is 67.6 Å². The molecule has 2 aliphatic heterocycles. The van der Waals surface area contributed by atoms with Gasteiger partial charge in [-0.25, -0.2) is 0 Å². The Kier molecular flexibility index (Phi) is 46.2. The van der Waals surface area contributed by atoms with Gasteiger partial charge in [0.1, 0.15) is 0 Å². The summed E-state index contributed by atoms with van der Waals surface area (Å²) in [5.74, 6) is 1.88. The molecule has 15 rings (SSSR count). The van der Waals surface area contributed by atoms with Crippen molar-refractivity contribution in [2.24, 2.45) is 0 Å². The van der Waals surface area contributed by atoms with E-state index < -0.39 is 40.6 Å². The molecule has 0 aromatic heterocycles. The van der Waals surface area contributed by atoms with Crippen LogP contribution in [0.4, 0.5) is 22.7 Å². The fourth-order valence-corrected chi connectivity index (χ4v) is 37.6. The van der Waals surface area contributed by atoms with Crippen LogP contribution in [0.5, 0.6) is 5.75 Å². The van der Waals surface area contributed by atoms with E-state index in [2.05, 4.69) is 171 Å². The number of nitrogens with zero attached hydrogens (tertiary/aromatic N) is 4. The first kappa shape index (κ1) is 103. The summed E-state index contributed by atoms with van der Waals surface area (Å²) in [4.78, 5) is 9.62. The Morgan fingerprint density at radius 3 is 0.885 bits per heavy atom. The summed E-state index contributed by atoms with van der Waals surface area (Å²) in [5, 5.41) is 0. The van der Waals surface area contributed by atoms with Gasteiger partial charge in [-0.05, 0) is 282 Å². The summed E-state index contributed by atoms with van der Waals surface area (Å²) in [6.45, 7) is 43.2. The molecule has 2 heterocycles. The van der Waals surface area contributed by atoms with Crippen molar-refractivity contribution in [3.05, 3.63) is 218 Å². The van der Waals surface area contributed by atoms with Crippen molar-refractivity contribution in [2.45, 2.75) is 362 Å². The van der Waals surface area contributed by atoms with Gasteiger partial charge in [-0.2, -0.15) is 13.3 Å². The second-order valence-corrected chi connectivity index (χ2v) is 61.1. The van der Waals surface area contributed by atoms with Crippen LogP contribution in [0.2, 0.25) is 0 Å². The van der Waals surface area contributed by atoms with Crippen LogP contribution in [0.15, 0.2) is 127 Å². The Morgan fingerprint density at radius 2 is 0.615 bits per heavy atom. The molecule has 0 radical (unpaired) electrons. The third-order valence-electron chi connectivity index (χ3n) is 26.1. The number of benzene rings is 6. The average Bonchev–Trinajstić information content (AvgIpc) is 1.64. The Balaban J connectivity index is 0.000000164. The van der Waals surface area contributed by atoms with Crippen molar-refractivity contribution < 1.29 is 50.0 Å². The molecule has 682 valence electrons. The van der Waals surface area contributed by atoms with Gasteiger partial charge in [0.25, 0.3) is 0 Å². The first-order valence-electron chi connectivity index (χ1n) is 46.8. The van der Waals surface area contributed by atoms with Crippen molar-refractivity contribution in [3.8, 4) is 5.75 Å². The van der Waals surface area contributed by atoms with Crippen molar-refractivity contribution in [2.75, 3.05) is 45.8 Å². The molecular formula is C105H154Cl6N4O2P2Ru3. The first-order valence-corrected chi connectivity index (χ1v) is 66.7. The predicted molar refractivity (Wildman–Crippen MR) is 540 cm³/mol. The summed E-state index contributed by atoms with van der Waals surface area (Å²) in [6.07, 6.45) is 54.1. The number of anilines is 4. The van der Waals surface area contributed by atoms with Crippen molar-refractivity contribution in [1.29, 1.82) is 0 Å². The standard InChI is InChI=1S/2C21H27N2.2C18H33P.C10H14O.C10H12O.C7H6.6ClH.3Ru/c2*1-14-9-16(3)20(17(4)10-14)22-7-8-23(13-22)21-18(5)11-15(2)12-19(21)6;2*1-4-10-16(11-5-1)19(17-12-6-2-7-13-17)18-14-8-3-9-15-18;2*1-8(2)11-10-7-5-4-6-9(10)3;1-7-5-3-2-4-6-7;;;;;;;;;/h2*9-13H,7-8H2,1-6H3;2*16-18H,1-15H2;3-4,6,8H,5,7H2,1-2H3;3-8H,1-2H3;1-6H;6*1H;;;/q2*-1;;;;;;;;;;;;3*+2/p-4. The van der Waals surface area contributed by atoms with Gasteiger partial charge in [0, 0.05) is 64.8 Å². The number of halogens is 6. The first-order chi connectivity index (χ1) is 58.6. The summed E-state index contributed by atoms with van der Waals surface area (Å²) in [6, 6.07) is 35.9. The van der Waals surface area contributed by atoms with Gasteiger partial charge >= 0.3 is 270 Å². The third-order valence-corrected chi connectivity index (χ3v) is 40.7. The number of aryl methyl sites for hydroxylation is 12. The summed E-state index contributed by atoms with van der Waals surface area (Å²) in [7, 11) is 34.6. The molecule has 122 heavy (non-hydrogen) atoms. The summed E-state index contributed by atoms with van der Waals surface area (Å²) in [5.41, 5.74) is 32.2. The minimum absolute atomic E-state index is 0.0465. The molecule has 6 nitrogen and oxygen atoms in total. The maximum atomic E-state index is 5.84. The zero-order valence-electron chi connectivity index (χ0n) is 77.4. The zero-order valence-corrected chi connectivity index (χ0v) is 89.1. The van der Waals surface area contributed by atoms with Crippen LogP contribution in [0.3, 0.4) is 0 Å².